The lowest BCUT2D eigenvalue weighted by Crippen LogP contribution is -2.20. The average Bonchev–Trinajstić information content (AvgIpc) is 2.42. The number of hydrogen-bond donors (Lipinski definition) is 1. The molecule has 0 amide bonds. The van der Waals surface area contributed by atoms with Gasteiger partial charge in [0.05, 0.1) is 11.4 Å². The van der Waals surface area contributed by atoms with E-state index in [0.29, 0.717) is 0 Å². The van der Waals surface area contributed by atoms with Gasteiger partial charge in [0.1, 0.15) is 0 Å². The van der Waals surface area contributed by atoms with Crippen LogP contribution in [-0.2, 0) is 6.42 Å². The lowest BCUT2D eigenvalue weighted by atomic mass is 10.1. The molecule has 100 valence electrons. The molecule has 2 aromatic rings. The van der Waals surface area contributed by atoms with E-state index in [-0.39, 0.29) is 0 Å². The smallest absolute Gasteiger partial charge is 0.0608 e. The van der Waals surface area contributed by atoms with Crippen molar-refractivity contribution < 1.29 is 0 Å². The highest BCUT2D eigenvalue weighted by Gasteiger charge is 2.05. The molecule has 0 atom stereocenters. The van der Waals surface area contributed by atoms with Crippen LogP contribution in [0, 0.1) is 0 Å². The predicted octanol–water partition coefficient (Wildman–Crippen LogP) is 4.10. The van der Waals surface area contributed by atoms with Crippen molar-refractivity contribution in [2.45, 2.75) is 12.8 Å². The maximum Gasteiger partial charge on any atom is 0.0608 e. The van der Waals surface area contributed by atoms with Crippen molar-refractivity contribution >= 4 is 27.3 Å². The standard InChI is InChI=1S/C16H19BrN2/c1-19(16-12-14(17)9-10-15(16)18)11-5-8-13-6-3-2-4-7-13/h2-4,6-7,9-10,12H,5,8,11,18H2,1H3. The van der Waals surface area contributed by atoms with Crippen LogP contribution in [0.15, 0.2) is 53.0 Å². The van der Waals surface area contributed by atoms with E-state index in [1.807, 2.05) is 12.1 Å². The highest BCUT2D eigenvalue weighted by atomic mass is 79.9. The number of aryl methyl sites for hydroxylation is 1. The number of hydrogen-bond acceptors (Lipinski definition) is 2. The number of anilines is 2. The summed E-state index contributed by atoms with van der Waals surface area (Å²) >= 11 is 3.49. The third kappa shape index (κ3) is 4.00. The Morgan fingerprint density at radius 1 is 1.11 bits per heavy atom. The number of nitrogens with two attached hydrogens (primary N) is 1. The molecular formula is C16H19BrN2. The maximum absolute atomic E-state index is 6.01. The highest BCUT2D eigenvalue weighted by Crippen LogP contribution is 2.26. The molecule has 2 N–H and O–H groups in total. The molecule has 0 saturated carbocycles. The molecule has 3 heteroatoms. The Bertz CT molecular complexity index is 526. The van der Waals surface area contributed by atoms with Gasteiger partial charge in [-0.25, -0.2) is 0 Å². The first-order valence-electron chi connectivity index (χ1n) is 6.47. The molecule has 0 spiro atoms. The van der Waals surface area contributed by atoms with Crippen molar-refractivity contribution in [3.63, 3.8) is 0 Å². The largest absolute Gasteiger partial charge is 0.397 e. The first-order valence-corrected chi connectivity index (χ1v) is 7.26. The summed E-state index contributed by atoms with van der Waals surface area (Å²) in [7, 11) is 2.09. The number of nitrogens with zero attached hydrogens (tertiary/aromatic N) is 1. The van der Waals surface area contributed by atoms with Crippen LogP contribution in [0.4, 0.5) is 11.4 Å². The van der Waals surface area contributed by atoms with E-state index in [1.165, 1.54) is 5.56 Å². The van der Waals surface area contributed by atoms with Crippen molar-refractivity contribution in [2.24, 2.45) is 0 Å². The van der Waals surface area contributed by atoms with Crippen molar-refractivity contribution in [2.75, 3.05) is 24.2 Å². The fourth-order valence-electron chi connectivity index (χ4n) is 2.13. The summed E-state index contributed by atoms with van der Waals surface area (Å²) in [5.74, 6) is 0. The molecule has 0 aliphatic heterocycles. The molecule has 0 aliphatic rings. The summed E-state index contributed by atoms with van der Waals surface area (Å²) in [5, 5.41) is 0. The summed E-state index contributed by atoms with van der Waals surface area (Å²) < 4.78 is 1.06. The van der Waals surface area contributed by atoms with Gasteiger partial charge in [-0.1, -0.05) is 46.3 Å². The minimum atomic E-state index is 0.824. The van der Waals surface area contributed by atoms with E-state index in [2.05, 4.69) is 64.3 Å². The van der Waals surface area contributed by atoms with Crippen LogP contribution in [0.5, 0.6) is 0 Å². The van der Waals surface area contributed by atoms with E-state index in [1.54, 1.807) is 0 Å². The molecule has 0 heterocycles. The molecule has 0 unspecified atom stereocenters. The number of halogens is 1. The Hall–Kier alpha value is -1.48. The monoisotopic (exact) mass is 318 g/mol. The first-order chi connectivity index (χ1) is 9.16. The Balaban J connectivity index is 1.91. The number of rotatable bonds is 5. The van der Waals surface area contributed by atoms with Crippen LogP contribution in [0.3, 0.4) is 0 Å². The van der Waals surface area contributed by atoms with Gasteiger partial charge in [0.15, 0.2) is 0 Å². The van der Waals surface area contributed by atoms with Gasteiger partial charge in [0.2, 0.25) is 0 Å². The zero-order valence-corrected chi connectivity index (χ0v) is 12.7. The molecule has 2 nitrogen and oxygen atoms in total. The van der Waals surface area contributed by atoms with E-state index in [9.17, 15) is 0 Å². The van der Waals surface area contributed by atoms with Crippen LogP contribution in [0.1, 0.15) is 12.0 Å². The fourth-order valence-corrected chi connectivity index (χ4v) is 2.48. The molecule has 0 aromatic heterocycles. The first kappa shape index (κ1) is 13.9. The summed E-state index contributed by atoms with van der Waals surface area (Å²) in [5.41, 5.74) is 9.31. The summed E-state index contributed by atoms with van der Waals surface area (Å²) in [6.45, 7) is 0.996. The van der Waals surface area contributed by atoms with Gasteiger partial charge in [-0.05, 0) is 36.6 Å². The van der Waals surface area contributed by atoms with Crippen molar-refractivity contribution in [3.8, 4) is 0 Å². The lowest BCUT2D eigenvalue weighted by molar-refractivity contribution is 0.786. The van der Waals surface area contributed by atoms with Crippen molar-refractivity contribution in [3.05, 3.63) is 58.6 Å². The van der Waals surface area contributed by atoms with Gasteiger partial charge in [0.25, 0.3) is 0 Å². The van der Waals surface area contributed by atoms with Crippen LogP contribution >= 0.6 is 15.9 Å². The van der Waals surface area contributed by atoms with E-state index < -0.39 is 0 Å². The van der Waals surface area contributed by atoms with E-state index >= 15 is 0 Å². The topological polar surface area (TPSA) is 29.3 Å². The van der Waals surface area contributed by atoms with Gasteiger partial charge in [0, 0.05) is 18.1 Å². The molecule has 0 bridgehead atoms. The van der Waals surface area contributed by atoms with Crippen molar-refractivity contribution in [1.82, 2.24) is 0 Å². The molecular weight excluding hydrogens is 300 g/mol. The van der Waals surface area contributed by atoms with Gasteiger partial charge in [-0.3, -0.25) is 0 Å². The summed E-state index contributed by atoms with van der Waals surface area (Å²) in [6, 6.07) is 16.6. The minimum Gasteiger partial charge on any atom is -0.397 e. The SMILES string of the molecule is CN(CCCc1ccccc1)c1cc(Br)ccc1N. The molecule has 2 rings (SSSR count). The lowest BCUT2D eigenvalue weighted by Gasteiger charge is -2.21. The molecule has 0 fully saturated rings. The van der Waals surface area contributed by atoms with Crippen LogP contribution in [0.25, 0.3) is 0 Å². The maximum atomic E-state index is 6.01. The normalized spacial score (nSPS) is 10.4. The summed E-state index contributed by atoms with van der Waals surface area (Å²) in [4.78, 5) is 2.21. The number of nitrogen functional groups attached to an aromatic ring is 1. The Morgan fingerprint density at radius 3 is 2.58 bits per heavy atom. The third-order valence-electron chi connectivity index (χ3n) is 3.21. The zero-order chi connectivity index (χ0) is 13.7. The number of benzene rings is 2. The summed E-state index contributed by atoms with van der Waals surface area (Å²) in [6.07, 6.45) is 2.21. The Labute approximate surface area is 123 Å². The van der Waals surface area contributed by atoms with Crippen LogP contribution in [0.2, 0.25) is 0 Å². The second-order valence-corrected chi connectivity index (χ2v) is 5.63. The van der Waals surface area contributed by atoms with Gasteiger partial charge < -0.3 is 10.6 Å². The van der Waals surface area contributed by atoms with Gasteiger partial charge in [-0.2, -0.15) is 0 Å². The van der Waals surface area contributed by atoms with Crippen LogP contribution in [-0.4, -0.2) is 13.6 Å². The molecule has 19 heavy (non-hydrogen) atoms. The van der Waals surface area contributed by atoms with Crippen molar-refractivity contribution in [1.29, 1.82) is 0 Å². The highest BCUT2D eigenvalue weighted by molar-refractivity contribution is 9.10. The fraction of sp³-hybridized carbons (Fsp3) is 0.250. The Kier molecular flexibility index (Phi) is 4.86. The molecule has 2 aromatic carbocycles. The predicted molar refractivity (Wildman–Crippen MR) is 86.6 cm³/mol. The molecule has 0 saturated heterocycles. The Morgan fingerprint density at radius 2 is 1.84 bits per heavy atom. The van der Waals surface area contributed by atoms with E-state index in [0.717, 1.165) is 35.2 Å². The average molecular weight is 319 g/mol. The van der Waals surface area contributed by atoms with Gasteiger partial charge >= 0.3 is 0 Å². The third-order valence-corrected chi connectivity index (χ3v) is 3.70. The molecule has 0 radical (unpaired) electrons. The van der Waals surface area contributed by atoms with Gasteiger partial charge in [-0.15, -0.1) is 0 Å². The van der Waals surface area contributed by atoms with Crippen LogP contribution < -0.4 is 10.6 Å². The zero-order valence-electron chi connectivity index (χ0n) is 11.1. The van der Waals surface area contributed by atoms with E-state index in [4.69, 9.17) is 5.73 Å². The molecule has 0 aliphatic carbocycles. The second-order valence-electron chi connectivity index (χ2n) is 4.71. The quantitative estimate of drug-likeness (QED) is 0.841. The second kappa shape index (κ2) is 6.62. The minimum absolute atomic E-state index is 0.824.